The average molecular weight is 407 g/mol. The van der Waals surface area contributed by atoms with Crippen LogP contribution in [0.15, 0.2) is 48.8 Å². The molecule has 0 fully saturated rings. The molecule has 2 N–H and O–H groups in total. The van der Waals surface area contributed by atoms with E-state index in [1.54, 1.807) is 31.2 Å². The minimum atomic E-state index is -0.555. The maximum atomic E-state index is 11.9. The summed E-state index contributed by atoms with van der Waals surface area (Å²) in [6.45, 7) is 5.91. The van der Waals surface area contributed by atoms with Gasteiger partial charge in [-0.15, -0.1) is 0 Å². The zero-order valence-electron chi connectivity index (χ0n) is 16.8. The van der Waals surface area contributed by atoms with Gasteiger partial charge in [-0.1, -0.05) is 12.1 Å². The lowest BCUT2D eigenvalue weighted by Crippen LogP contribution is -2.07. The number of nitro groups is 1. The molecule has 9 heteroatoms. The molecular formula is C21H21N5O4. The molecule has 0 aliphatic rings. The largest absolute Gasteiger partial charge is 0.462 e. The number of nitrogens with zero attached hydrogens (tertiary/aromatic N) is 3. The highest BCUT2D eigenvalue weighted by Gasteiger charge is 2.23. The van der Waals surface area contributed by atoms with Gasteiger partial charge in [0.05, 0.1) is 17.1 Å². The van der Waals surface area contributed by atoms with E-state index in [1.807, 2.05) is 32.0 Å². The minimum Gasteiger partial charge on any atom is -0.462 e. The summed E-state index contributed by atoms with van der Waals surface area (Å²) in [5, 5.41) is 17.7. The lowest BCUT2D eigenvalue weighted by molar-refractivity contribution is -0.383. The second-order valence-corrected chi connectivity index (χ2v) is 6.53. The zero-order chi connectivity index (χ0) is 21.7. The molecule has 0 bridgehead atoms. The summed E-state index contributed by atoms with van der Waals surface area (Å²) >= 11 is 0. The van der Waals surface area contributed by atoms with Crippen molar-refractivity contribution < 1.29 is 14.5 Å². The smallest absolute Gasteiger partial charge is 0.353 e. The molecule has 0 amide bonds. The molecule has 0 aliphatic carbocycles. The van der Waals surface area contributed by atoms with Crippen LogP contribution in [0.25, 0.3) is 0 Å². The zero-order valence-corrected chi connectivity index (χ0v) is 16.8. The number of esters is 1. The first-order valence-corrected chi connectivity index (χ1v) is 9.27. The van der Waals surface area contributed by atoms with Crippen LogP contribution in [-0.4, -0.2) is 27.5 Å². The number of aromatic nitrogens is 2. The molecule has 3 rings (SSSR count). The van der Waals surface area contributed by atoms with Gasteiger partial charge in [0.2, 0.25) is 11.6 Å². The first-order chi connectivity index (χ1) is 14.4. The van der Waals surface area contributed by atoms with E-state index in [4.69, 9.17) is 4.74 Å². The van der Waals surface area contributed by atoms with Crippen LogP contribution in [0.5, 0.6) is 0 Å². The molecule has 0 aliphatic heterocycles. The van der Waals surface area contributed by atoms with Crippen LogP contribution in [0.3, 0.4) is 0 Å². The number of rotatable bonds is 7. The second kappa shape index (κ2) is 8.99. The van der Waals surface area contributed by atoms with Crippen LogP contribution in [-0.2, 0) is 4.74 Å². The van der Waals surface area contributed by atoms with E-state index < -0.39 is 10.9 Å². The van der Waals surface area contributed by atoms with Crippen molar-refractivity contribution >= 4 is 34.7 Å². The van der Waals surface area contributed by atoms with Crippen molar-refractivity contribution in [2.75, 3.05) is 17.2 Å². The monoisotopic (exact) mass is 407 g/mol. The number of aryl methyl sites for hydroxylation is 2. The topological polar surface area (TPSA) is 119 Å². The number of carbonyl (C=O) groups excluding carboxylic acids is 1. The first kappa shape index (κ1) is 20.7. The highest BCUT2D eigenvalue weighted by Crippen LogP contribution is 2.33. The SMILES string of the molecule is CCOC(=O)c1cccc(Nc2ncnc(Nc3ccc(C)c(C)c3)c2[N+](=O)[O-])c1. The van der Waals surface area contributed by atoms with Crippen molar-refractivity contribution in [1.82, 2.24) is 9.97 Å². The third kappa shape index (κ3) is 4.69. The Morgan fingerprint density at radius 3 is 2.30 bits per heavy atom. The fourth-order valence-electron chi connectivity index (χ4n) is 2.77. The van der Waals surface area contributed by atoms with Crippen molar-refractivity contribution in [1.29, 1.82) is 0 Å². The van der Waals surface area contributed by atoms with Crippen molar-refractivity contribution in [3.05, 3.63) is 75.6 Å². The Labute approximate surface area is 173 Å². The third-order valence-corrected chi connectivity index (χ3v) is 4.41. The summed E-state index contributed by atoms with van der Waals surface area (Å²) in [6.07, 6.45) is 1.23. The van der Waals surface area contributed by atoms with Crippen LogP contribution in [0.4, 0.5) is 28.7 Å². The van der Waals surface area contributed by atoms with Crippen LogP contribution in [0.1, 0.15) is 28.4 Å². The molecule has 0 atom stereocenters. The van der Waals surface area contributed by atoms with E-state index in [0.29, 0.717) is 16.9 Å². The standard InChI is InChI=1S/C21H21N5O4/c1-4-30-21(27)15-6-5-7-16(11-15)24-19-18(26(28)29)20(23-12-22-19)25-17-9-8-13(2)14(3)10-17/h5-12H,4H2,1-3H3,(H2,22,23,24,25). The van der Waals surface area contributed by atoms with E-state index in [1.165, 1.54) is 6.33 Å². The van der Waals surface area contributed by atoms with E-state index in [9.17, 15) is 14.9 Å². The molecule has 30 heavy (non-hydrogen) atoms. The van der Waals surface area contributed by atoms with Gasteiger partial charge in [0.25, 0.3) is 0 Å². The Morgan fingerprint density at radius 2 is 1.70 bits per heavy atom. The van der Waals surface area contributed by atoms with Gasteiger partial charge in [-0.05, 0) is 62.2 Å². The molecule has 0 radical (unpaired) electrons. The van der Waals surface area contributed by atoms with Crippen molar-refractivity contribution in [3.63, 3.8) is 0 Å². The van der Waals surface area contributed by atoms with Gasteiger partial charge in [-0.2, -0.15) is 0 Å². The Hall–Kier alpha value is -4.01. The minimum absolute atomic E-state index is 0.00217. The molecule has 154 valence electrons. The van der Waals surface area contributed by atoms with Gasteiger partial charge in [-0.25, -0.2) is 14.8 Å². The molecule has 0 unspecified atom stereocenters. The number of carbonyl (C=O) groups is 1. The van der Waals surface area contributed by atoms with Gasteiger partial charge in [0.1, 0.15) is 6.33 Å². The maximum Gasteiger partial charge on any atom is 0.353 e. The molecule has 2 aromatic carbocycles. The average Bonchev–Trinajstić information content (AvgIpc) is 2.71. The van der Waals surface area contributed by atoms with Gasteiger partial charge < -0.3 is 15.4 Å². The highest BCUT2D eigenvalue weighted by molar-refractivity contribution is 5.91. The molecule has 0 saturated heterocycles. The summed E-state index contributed by atoms with van der Waals surface area (Å²) in [5.41, 5.74) is 3.31. The molecule has 0 saturated carbocycles. The van der Waals surface area contributed by atoms with Crippen LogP contribution in [0, 0.1) is 24.0 Å². The lowest BCUT2D eigenvalue weighted by Gasteiger charge is -2.11. The number of hydrogen-bond donors (Lipinski definition) is 2. The van der Waals surface area contributed by atoms with Crippen molar-refractivity contribution in [2.24, 2.45) is 0 Å². The maximum absolute atomic E-state index is 11.9. The van der Waals surface area contributed by atoms with Crippen molar-refractivity contribution in [2.45, 2.75) is 20.8 Å². The van der Waals surface area contributed by atoms with Gasteiger partial charge in [0, 0.05) is 11.4 Å². The molecular weight excluding hydrogens is 386 g/mol. The van der Waals surface area contributed by atoms with Gasteiger partial charge in [-0.3, -0.25) is 10.1 Å². The lowest BCUT2D eigenvalue weighted by atomic mass is 10.1. The van der Waals surface area contributed by atoms with E-state index in [2.05, 4.69) is 20.6 Å². The number of anilines is 4. The van der Waals surface area contributed by atoms with Gasteiger partial charge in [0.15, 0.2) is 0 Å². The Morgan fingerprint density at radius 1 is 1.03 bits per heavy atom. The summed E-state index contributed by atoms with van der Waals surface area (Å²) < 4.78 is 4.99. The summed E-state index contributed by atoms with van der Waals surface area (Å²) in [5.74, 6) is -0.417. The fraction of sp³-hybridized carbons (Fsp3) is 0.190. The quantitative estimate of drug-likeness (QED) is 0.329. The predicted octanol–water partition coefficient (Wildman–Crippen LogP) is 4.67. The van der Waals surface area contributed by atoms with Crippen molar-refractivity contribution in [3.8, 4) is 0 Å². The number of nitrogens with one attached hydrogen (secondary N) is 2. The fourth-order valence-corrected chi connectivity index (χ4v) is 2.77. The number of benzene rings is 2. The number of ether oxygens (including phenoxy) is 1. The van der Waals surface area contributed by atoms with Crippen LogP contribution >= 0.6 is 0 Å². The predicted molar refractivity (Wildman–Crippen MR) is 114 cm³/mol. The van der Waals surface area contributed by atoms with Crippen LogP contribution in [0.2, 0.25) is 0 Å². The molecule has 0 spiro atoms. The summed E-state index contributed by atoms with van der Waals surface area (Å²) in [4.78, 5) is 31.2. The Kier molecular flexibility index (Phi) is 6.21. The molecule has 1 heterocycles. The first-order valence-electron chi connectivity index (χ1n) is 9.27. The molecule has 1 aromatic heterocycles. The van der Waals surface area contributed by atoms with E-state index in [0.717, 1.165) is 11.1 Å². The normalized spacial score (nSPS) is 10.4. The van der Waals surface area contributed by atoms with Gasteiger partial charge >= 0.3 is 11.7 Å². The Bertz CT molecular complexity index is 1100. The molecule has 3 aromatic rings. The highest BCUT2D eigenvalue weighted by atomic mass is 16.6. The third-order valence-electron chi connectivity index (χ3n) is 4.41. The molecule has 9 nitrogen and oxygen atoms in total. The Balaban J connectivity index is 1.93. The van der Waals surface area contributed by atoms with E-state index >= 15 is 0 Å². The summed E-state index contributed by atoms with van der Waals surface area (Å²) in [7, 11) is 0. The number of hydrogen-bond acceptors (Lipinski definition) is 8. The van der Waals surface area contributed by atoms with Crippen LogP contribution < -0.4 is 10.6 Å². The summed E-state index contributed by atoms with van der Waals surface area (Å²) in [6, 6.07) is 12.1. The van der Waals surface area contributed by atoms with E-state index in [-0.39, 0.29) is 23.9 Å². The second-order valence-electron chi connectivity index (χ2n) is 6.53.